The third-order valence-corrected chi connectivity index (χ3v) is 3.59. The summed E-state index contributed by atoms with van der Waals surface area (Å²) in [6, 6.07) is 13.7. The minimum Gasteiger partial charge on any atom is -0.494 e. The molecule has 0 amide bonds. The van der Waals surface area contributed by atoms with Gasteiger partial charge in [-0.05, 0) is 29.8 Å². The number of aromatic nitrogens is 3. The number of rotatable bonds is 5. The van der Waals surface area contributed by atoms with Crippen LogP contribution in [0, 0.1) is 5.82 Å². The first-order valence-corrected chi connectivity index (χ1v) is 7.15. The van der Waals surface area contributed by atoms with Gasteiger partial charge in [0.25, 0.3) is 0 Å². The number of methoxy groups -OCH3 is 1. The van der Waals surface area contributed by atoms with Gasteiger partial charge in [0.1, 0.15) is 22.9 Å². The van der Waals surface area contributed by atoms with Crippen molar-refractivity contribution < 1.29 is 14.2 Å². The molecule has 6 heteroatoms. The van der Waals surface area contributed by atoms with E-state index in [1.807, 2.05) is 24.3 Å². The highest BCUT2D eigenvalue weighted by atomic mass is 19.1. The molecular formula is C17H16FN3O2. The molecular weight excluding hydrogens is 297 g/mol. The Labute approximate surface area is 133 Å². The molecule has 118 valence electrons. The zero-order valence-electron chi connectivity index (χ0n) is 12.6. The molecule has 0 saturated carbocycles. The van der Waals surface area contributed by atoms with E-state index >= 15 is 0 Å². The number of ether oxygens (including phenoxy) is 1. The molecule has 2 aromatic carbocycles. The molecule has 0 aliphatic carbocycles. The summed E-state index contributed by atoms with van der Waals surface area (Å²) in [6.07, 6.45) is 0.473. The molecule has 0 atom stereocenters. The average Bonchev–Trinajstić information content (AvgIpc) is 2.99. The van der Waals surface area contributed by atoms with Crippen LogP contribution in [0.5, 0.6) is 5.75 Å². The summed E-state index contributed by atoms with van der Waals surface area (Å²) in [5, 5.41) is 17.7. The van der Waals surface area contributed by atoms with Crippen molar-refractivity contribution in [2.45, 2.75) is 13.0 Å². The van der Waals surface area contributed by atoms with Crippen LogP contribution in [-0.4, -0.2) is 27.2 Å². The molecule has 23 heavy (non-hydrogen) atoms. The Kier molecular flexibility index (Phi) is 4.34. The van der Waals surface area contributed by atoms with E-state index in [-0.39, 0.29) is 12.4 Å². The van der Waals surface area contributed by atoms with E-state index < -0.39 is 0 Å². The van der Waals surface area contributed by atoms with Crippen molar-refractivity contribution in [1.82, 2.24) is 15.0 Å². The smallest absolute Gasteiger partial charge is 0.144 e. The van der Waals surface area contributed by atoms with Crippen LogP contribution in [0.4, 0.5) is 4.39 Å². The second-order valence-electron chi connectivity index (χ2n) is 5.03. The first kappa shape index (κ1) is 15.2. The Morgan fingerprint density at radius 3 is 2.57 bits per heavy atom. The van der Waals surface area contributed by atoms with Crippen molar-refractivity contribution in [2.75, 3.05) is 7.11 Å². The predicted octanol–water partition coefficient (Wildman–Crippen LogP) is 2.50. The molecule has 1 N–H and O–H groups in total. The Morgan fingerprint density at radius 1 is 1.13 bits per heavy atom. The average molecular weight is 313 g/mol. The number of aliphatic hydroxyl groups excluding tert-OH is 1. The lowest BCUT2D eigenvalue weighted by molar-refractivity contribution is 0.275. The zero-order valence-corrected chi connectivity index (χ0v) is 12.6. The van der Waals surface area contributed by atoms with Gasteiger partial charge in [-0.15, -0.1) is 5.10 Å². The van der Waals surface area contributed by atoms with Crippen molar-refractivity contribution in [1.29, 1.82) is 0 Å². The molecule has 3 rings (SSSR count). The molecule has 0 bridgehead atoms. The van der Waals surface area contributed by atoms with Gasteiger partial charge in [-0.1, -0.05) is 29.5 Å². The number of halogens is 1. The third-order valence-electron chi connectivity index (χ3n) is 3.59. The number of nitrogens with zero attached hydrogens (tertiary/aromatic N) is 3. The zero-order chi connectivity index (χ0) is 16.2. The minimum atomic E-state index is -0.285. The molecule has 1 aromatic heterocycles. The maximum absolute atomic E-state index is 13.1. The van der Waals surface area contributed by atoms with E-state index in [2.05, 4.69) is 10.3 Å². The van der Waals surface area contributed by atoms with E-state index in [9.17, 15) is 9.50 Å². The highest BCUT2D eigenvalue weighted by molar-refractivity contribution is 5.47. The van der Waals surface area contributed by atoms with Crippen LogP contribution in [0.2, 0.25) is 0 Å². The van der Waals surface area contributed by atoms with Crippen LogP contribution < -0.4 is 4.74 Å². The Hall–Kier alpha value is -2.73. The van der Waals surface area contributed by atoms with Crippen LogP contribution in [0.15, 0.2) is 48.5 Å². The van der Waals surface area contributed by atoms with Crippen LogP contribution in [0.25, 0.3) is 5.69 Å². The summed E-state index contributed by atoms with van der Waals surface area (Å²) >= 11 is 0. The maximum Gasteiger partial charge on any atom is 0.144 e. The Morgan fingerprint density at radius 2 is 1.87 bits per heavy atom. The number of benzene rings is 2. The minimum absolute atomic E-state index is 0.217. The number of hydrogen-bond donors (Lipinski definition) is 1. The molecule has 0 radical (unpaired) electrons. The third kappa shape index (κ3) is 3.07. The van der Waals surface area contributed by atoms with Gasteiger partial charge in [-0.2, -0.15) is 0 Å². The van der Waals surface area contributed by atoms with Crippen LogP contribution in [0.3, 0.4) is 0 Å². The highest BCUT2D eigenvalue weighted by Crippen LogP contribution is 2.25. The lowest BCUT2D eigenvalue weighted by Crippen LogP contribution is -2.06. The highest BCUT2D eigenvalue weighted by Gasteiger charge is 2.16. The summed E-state index contributed by atoms with van der Waals surface area (Å²) in [5.41, 5.74) is 2.86. The van der Waals surface area contributed by atoms with Crippen molar-refractivity contribution in [3.63, 3.8) is 0 Å². The van der Waals surface area contributed by atoms with E-state index in [0.29, 0.717) is 17.9 Å². The van der Waals surface area contributed by atoms with Gasteiger partial charge in [0.2, 0.25) is 0 Å². The quantitative estimate of drug-likeness (QED) is 0.786. The molecule has 0 aliphatic heterocycles. The van der Waals surface area contributed by atoms with Crippen molar-refractivity contribution in [3.8, 4) is 11.4 Å². The Bertz CT molecular complexity index is 800. The summed E-state index contributed by atoms with van der Waals surface area (Å²) in [7, 11) is 1.59. The largest absolute Gasteiger partial charge is 0.494 e. The second-order valence-corrected chi connectivity index (χ2v) is 5.03. The van der Waals surface area contributed by atoms with Gasteiger partial charge >= 0.3 is 0 Å². The van der Waals surface area contributed by atoms with Crippen LogP contribution >= 0.6 is 0 Å². The van der Waals surface area contributed by atoms with Gasteiger partial charge in [0.15, 0.2) is 0 Å². The molecule has 5 nitrogen and oxygen atoms in total. The lowest BCUT2D eigenvalue weighted by Gasteiger charge is -2.11. The van der Waals surface area contributed by atoms with Gasteiger partial charge in [0.05, 0.1) is 19.4 Å². The fraction of sp³-hybridized carbons (Fsp3) is 0.176. The molecule has 0 spiro atoms. The summed E-state index contributed by atoms with van der Waals surface area (Å²) in [4.78, 5) is 0. The van der Waals surface area contributed by atoms with Gasteiger partial charge < -0.3 is 9.84 Å². The molecule has 3 aromatic rings. The van der Waals surface area contributed by atoms with Crippen molar-refractivity contribution in [2.24, 2.45) is 0 Å². The molecule has 0 fully saturated rings. The predicted molar refractivity (Wildman–Crippen MR) is 83.0 cm³/mol. The summed E-state index contributed by atoms with van der Waals surface area (Å²) in [5.74, 6) is 0.370. The van der Waals surface area contributed by atoms with Crippen molar-refractivity contribution in [3.05, 3.63) is 71.3 Å². The first-order chi connectivity index (χ1) is 11.2. The monoisotopic (exact) mass is 313 g/mol. The second kappa shape index (κ2) is 6.58. The number of aliphatic hydroxyl groups is 1. The fourth-order valence-corrected chi connectivity index (χ4v) is 2.43. The first-order valence-electron chi connectivity index (χ1n) is 7.15. The van der Waals surface area contributed by atoms with Crippen molar-refractivity contribution >= 4 is 0 Å². The molecule has 0 aliphatic rings. The van der Waals surface area contributed by atoms with E-state index in [0.717, 1.165) is 16.9 Å². The Balaban J connectivity index is 2.05. The normalized spacial score (nSPS) is 10.7. The summed E-state index contributed by atoms with van der Waals surface area (Å²) < 4.78 is 20.1. The fourth-order valence-electron chi connectivity index (χ4n) is 2.43. The topological polar surface area (TPSA) is 60.2 Å². The number of para-hydroxylation sites is 2. The number of hydrogen-bond acceptors (Lipinski definition) is 4. The van der Waals surface area contributed by atoms with Crippen LogP contribution in [-0.2, 0) is 13.0 Å². The molecule has 0 unspecified atom stereocenters. The van der Waals surface area contributed by atoms with Gasteiger partial charge in [-0.3, -0.25) is 0 Å². The summed E-state index contributed by atoms with van der Waals surface area (Å²) in [6.45, 7) is -0.217. The van der Waals surface area contributed by atoms with Crippen LogP contribution in [0.1, 0.15) is 17.0 Å². The SMILES string of the molecule is COc1ccccc1-n1nnc(CO)c1Cc1ccc(F)cc1. The van der Waals surface area contributed by atoms with E-state index in [1.54, 1.807) is 23.9 Å². The maximum atomic E-state index is 13.1. The molecule has 1 heterocycles. The standard InChI is InChI=1S/C17H16FN3O2/c1-23-17-5-3-2-4-15(17)21-16(14(11-22)19-20-21)10-12-6-8-13(18)9-7-12/h2-9,22H,10-11H2,1H3. The van der Waals surface area contributed by atoms with E-state index in [4.69, 9.17) is 4.74 Å². The van der Waals surface area contributed by atoms with Gasteiger partial charge in [0, 0.05) is 6.42 Å². The molecule has 0 saturated heterocycles. The van der Waals surface area contributed by atoms with E-state index in [1.165, 1.54) is 12.1 Å². The van der Waals surface area contributed by atoms with Gasteiger partial charge in [-0.25, -0.2) is 9.07 Å². The lowest BCUT2D eigenvalue weighted by atomic mass is 10.1.